The van der Waals surface area contributed by atoms with Crippen LogP contribution in [0, 0.1) is 6.92 Å². The summed E-state index contributed by atoms with van der Waals surface area (Å²) in [6, 6.07) is 8.28. The average molecular weight is 451 g/mol. The van der Waals surface area contributed by atoms with Crippen molar-refractivity contribution in [2.75, 3.05) is 30.4 Å². The van der Waals surface area contributed by atoms with Crippen LogP contribution in [0.3, 0.4) is 0 Å². The predicted molar refractivity (Wildman–Crippen MR) is 119 cm³/mol. The van der Waals surface area contributed by atoms with E-state index in [1.165, 1.54) is 18.5 Å². The molecule has 0 atom stereocenters. The molecule has 0 unspecified atom stereocenters. The first-order valence-corrected chi connectivity index (χ1v) is 11.0. The largest absolute Gasteiger partial charge is 0.493 e. The molecule has 1 N–H and O–H groups in total. The van der Waals surface area contributed by atoms with Crippen LogP contribution < -0.4 is 19.1 Å². The van der Waals surface area contributed by atoms with Gasteiger partial charge in [-0.25, -0.2) is 8.42 Å². The van der Waals surface area contributed by atoms with Crippen molar-refractivity contribution in [1.29, 1.82) is 0 Å². The monoisotopic (exact) mass is 450 g/mol. The molecule has 1 aliphatic heterocycles. The molecule has 0 fully saturated rings. The van der Waals surface area contributed by atoms with Gasteiger partial charge in [0, 0.05) is 28.9 Å². The maximum absolute atomic E-state index is 13.3. The van der Waals surface area contributed by atoms with Gasteiger partial charge in [0.15, 0.2) is 16.4 Å². The van der Waals surface area contributed by atoms with Gasteiger partial charge in [-0.15, -0.1) is 0 Å². The molecule has 3 rings (SSSR count). The summed E-state index contributed by atoms with van der Waals surface area (Å²) in [6.45, 7) is 5.29. The zero-order chi connectivity index (χ0) is 22.2. The van der Waals surface area contributed by atoms with E-state index in [-0.39, 0.29) is 11.4 Å². The highest BCUT2D eigenvalue weighted by Crippen LogP contribution is 2.45. The highest BCUT2D eigenvalue weighted by atomic mass is 35.5. The second-order valence-electron chi connectivity index (χ2n) is 6.77. The molecule has 0 saturated heterocycles. The minimum absolute atomic E-state index is 0.144. The summed E-state index contributed by atoms with van der Waals surface area (Å²) in [5, 5.41) is 3.12. The molecule has 0 spiro atoms. The number of amides is 1. The van der Waals surface area contributed by atoms with Crippen molar-refractivity contribution in [3.8, 4) is 11.5 Å². The van der Waals surface area contributed by atoms with Crippen LogP contribution in [0.25, 0.3) is 5.57 Å². The predicted octanol–water partition coefficient (Wildman–Crippen LogP) is 4.21. The van der Waals surface area contributed by atoms with Gasteiger partial charge in [-0.1, -0.05) is 17.7 Å². The Kier molecular flexibility index (Phi) is 6.01. The van der Waals surface area contributed by atoms with Gasteiger partial charge >= 0.3 is 0 Å². The van der Waals surface area contributed by atoms with Crippen molar-refractivity contribution in [3.63, 3.8) is 0 Å². The number of aryl methyl sites for hydroxylation is 1. The fourth-order valence-corrected chi connectivity index (χ4v) is 5.35. The molecule has 0 aliphatic carbocycles. The zero-order valence-corrected chi connectivity index (χ0v) is 18.9. The minimum atomic E-state index is -4.09. The van der Waals surface area contributed by atoms with E-state index in [0.29, 0.717) is 39.0 Å². The Hall–Kier alpha value is -2.71. The van der Waals surface area contributed by atoms with Gasteiger partial charge in [0.25, 0.3) is 15.9 Å². The number of carbonyl (C=O) groups excluding carboxylic acids is 1. The Bertz CT molecular complexity index is 1160. The normalized spacial score (nSPS) is 14.9. The van der Waals surface area contributed by atoms with E-state index < -0.39 is 15.9 Å². The van der Waals surface area contributed by atoms with Crippen LogP contribution >= 0.6 is 11.6 Å². The van der Waals surface area contributed by atoms with E-state index in [1.54, 1.807) is 44.2 Å². The fraction of sp³-hybridized carbons (Fsp3) is 0.286. The van der Waals surface area contributed by atoms with Crippen molar-refractivity contribution >= 4 is 44.5 Å². The van der Waals surface area contributed by atoms with E-state index >= 15 is 0 Å². The lowest BCUT2D eigenvalue weighted by atomic mass is 10.0. The molecule has 1 heterocycles. The third-order valence-electron chi connectivity index (χ3n) is 4.99. The molecule has 2 aromatic carbocycles. The van der Waals surface area contributed by atoms with E-state index in [1.807, 2.05) is 6.92 Å². The molecule has 30 heavy (non-hydrogen) atoms. The summed E-state index contributed by atoms with van der Waals surface area (Å²) in [6.07, 6.45) is 0. The molecule has 9 heteroatoms. The second kappa shape index (κ2) is 8.20. The number of nitrogens with one attached hydrogen (secondary N) is 1. The first-order chi connectivity index (χ1) is 14.1. The Morgan fingerprint density at radius 2 is 1.73 bits per heavy atom. The highest BCUT2D eigenvalue weighted by Gasteiger charge is 2.39. The number of halogens is 1. The standard InChI is InChI=1S/C21H23ClN2O5S/c1-6-24-17-11-19(29-5)18(28-4)10-15(17)13(3)20(30(24,26)27)21(25)23-14-8-7-12(2)16(22)9-14/h7-11H,6H2,1-5H3,(H,23,25). The third kappa shape index (κ3) is 3.61. The van der Waals surface area contributed by atoms with E-state index in [4.69, 9.17) is 21.1 Å². The van der Waals surface area contributed by atoms with E-state index in [2.05, 4.69) is 5.32 Å². The van der Waals surface area contributed by atoms with Crippen molar-refractivity contribution in [3.05, 3.63) is 51.4 Å². The third-order valence-corrected chi connectivity index (χ3v) is 7.44. The summed E-state index contributed by atoms with van der Waals surface area (Å²) in [5.74, 6) is 0.113. The summed E-state index contributed by atoms with van der Waals surface area (Å²) in [7, 11) is -1.11. The van der Waals surface area contributed by atoms with Gasteiger partial charge in [0.1, 0.15) is 0 Å². The van der Waals surface area contributed by atoms with Crippen LogP contribution in [0.4, 0.5) is 11.4 Å². The number of nitrogens with zero attached hydrogens (tertiary/aromatic N) is 1. The lowest BCUT2D eigenvalue weighted by molar-refractivity contribution is -0.112. The van der Waals surface area contributed by atoms with Gasteiger partial charge < -0.3 is 14.8 Å². The number of carbonyl (C=O) groups is 1. The van der Waals surface area contributed by atoms with Gasteiger partial charge in [-0.05, 0) is 50.1 Å². The van der Waals surface area contributed by atoms with Gasteiger partial charge in [0.2, 0.25) is 0 Å². The number of methoxy groups -OCH3 is 2. The number of ether oxygens (including phenoxy) is 2. The number of sulfonamides is 1. The topological polar surface area (TPSA) is 84.9 Å². The molecule has 160 valence electrons. The van der Waals surface area contributed by atoms with Crippen molar-refractivity contribution in [2.24, 2.45) is 0 Å². The molecular weight excluding hydrogens is 428 g/mol. The molecule has 7 nitrogen and oxygen atoms in total. The number of allylic oxidation sites excluding steroid dienone is 1. The molecule has 0 saturated carbocycles. The molecule has 0 radical (unpaired) electrons. The summed E-state index contributed by atoms with van der Waals surface area (Å²) < 4.78 is 38.5. The lowest BCUT2D eigenvalue weighted by Crippen LogP contribution is -2.39. The molecular formula is C21H23ClN2O5S. The Labute approximate surface area is 181 Å². The van der Waals surface area contributed by atoms with Crippen molar-refractivity contribution in [2.45, 2.75) is 20.8 Å². The number of fused-ring (bicyclic) bond motifs is 1. The number of benzene rings is 2. The number of anilines is 2. The zero-order valence-electron chi connectivity index (χ0n) is 17.4. The van der Waals surface area contributed by atoms with Crippen LogP contribution in [0.1, 0.15) is 25.0 Å². The first-order valence-electron chi connectivity index (χ1n) is 9.23. The summed E-state index contributed by atoms with van der Waals surface area (Å²) in [4.78, 5) is 12.7. The molecule has 1 aliphatic rings. The lowest BCUT2D eigenvalue weighted by Gasteiger charge is -2.32. The SMILES string of the molecule is CCN1c2cc(OC)c(OC)cc2C(C)=C(C(=O)Nc2ccc(C)c(Cl)c2)S1(=O)=O. The van der Waals surface area contributed by atoms with E-state index in [9.17, 15) is 13.2 Å². The Morgan fingerprint density at radius 3 is 2.30 bits per heavy atom. The van der Waals surface area contributed by atoms with Crippen molar-refractivity contribution < 1.29 is 22.7 Å². The summed E-state index contributed by atoms with van der Waals surface area (Å²) >= 11 is 6.13. The van der Waals surface area contributed by atoms with E-state index in [0.717, 1.165) is 5.56 Å². The molecule has 2 aromatic rings. The maximum Gasteiger partial charge on any atom is 0.270 e. The maximum atomic E-state index is 13.3. The number of hydrogen-bond acceptors (Lipinski definition) is 5. The van der Waals surface area contributed by atoms with Crippen LogP contribution in [-0.4, -0.2) is 35.1 Å². The number of rotatable bonds is 5. The smallest absolute Gasteiger partial charge is 0.270 e. The Balaban J connectivity index is 2.17. The quantitative estimate of drug-likeness (QED) is 0.737. The summed E-state index contributed by atoms with van der Waals surface area (Å²) in [5.41, 5.74) is 2.60. The second-order valence-corrected chi connectivity index (χ2v) is 8.97. The average Bonchev–Trinajstić information content (AvgIpc) is 2.69. The van der Waals surface area contributed by atoms with Gasteiger partial charge in [-0.3, -0.25) is 9.10 Å². The van der Waals surface area contributed by atoms with Gasteiger partial charge in [0.05, 0.1) is 19.9 Å². The van der Waals surface area contributed by atoms with Gasteiger partial charge in [-0.2, -0.15) is 0 Å². The molecule has 0 aromatic heterocycles. The highest BCUT2D eigenvalue weighted by molar-refractivity contribution is 7.97. The van der Waals surface area contributed by atoms with Crippen LogP contribution in [-0.2, 0) is 14.8 Å². The van der Waals surface area contributed by atoms with Crippen LogP contribution in [0.5, 0.6) is 11.5 Å². The fourth-order valence-electron chi connectivity index (χ4n) is 3.42. The number of hydrogen-bond donors (Lipinski definition) is 1. The van der Waals surface area contributed by atoms with Crippen LogP contribution in [0.2, 0.25) is 5.02 Å². The molecule has 1 amide bonds. The first kappa shape index (κ1) is 22.0. The van der Waals surface area contributed by atoms with Crippen molar-refractivity contribution in [1.82, 2.24) is 0 Å². The van der Waals surface area contributed by atoms with Crippen LogP contribution in [0.15, 0.2) is 35.2 Å². The molecule has 0 bridgehead atoms. The minimum Gasteiger partial charge on any atom is -0.493 e. The Morgan fingerprint density at radius 1 is 1.10 bits per heavy atom.